The summed E-state index contributed by atoms with van der Waals surface area (Å²) in [5.41, 5.74) is 0. The second-order valence-electron chi connectivity index (χ2n) is 1.93. The van der Waals surface area contributed by atoms with Gasteiger partial charge in [-0.1, -0.05) is 12.8 Å². The molecule has 0 aromatic rings. The van der Waals surface area contributed by atoms with Crippen LogP contribution in [0.3, 0.4) is 0 Å². The van der Waals surface area contributed by atoms with Gasteiger partial charge < -0.3 is 9.47 Å². The summed E-state index contributed by atoms with van der Waals surface area (Å²) in [4.78, 5) is 0. The highest BCUT2D eigenvalue weighted by atomic mass is 32.1. The maximum absolute atomic E-state index is 5.13. The Hall–Kier alpha value is 0.230. The van der Waals surface area contributed by atoms with E-state index in [1.807, 2.05) is 4.31 Å². The maximum atomic E-state index is 5.13. The van der Waals surface area contributed by atoms with Crippen LogP contribution in [0.1, 0.15) is 0 Å². The Morgan fingerprint density at radius 2 is 2.56 bits per heavy atom. The number of ether oxygens (including phenoxy) is 2. The standard InChI is InChI=1S/C5H11NO2S/c1-7-5-4-8-3-2-6(5)9/h5,9H,2-4H2,1H3. The lowest BCUT2D eigenvalue weighted by Gasteiger charge is -2.29. The van der Waals surface area contributed by atoms with Gasteiger partial charge in [0.15, 0.2) is 0 Å². The summed E-state index contributed by atoms with van der Waals surface area (Å²) in [6.07, 6.45) is 0.0297. The molecule has 0 aliphatic carbocycles. The third-order valence-electron chi connectivity index (χ3n) is 1.33. The van der Waals surface area contributed by atoms with Crippen molar-refractivity contribution in [2.45, 2.75) is 6.23 Å². The first kappa shape index (κ1) is 7.34. The first-order chi connectivity index (χ1) is 4.34. The molecule has 1 atom stereocenters. The van der Waals surface area contributed by atoms with Gasteiger partial charge in [0.05, 0.1) is 13.2 Å². The molecule has 0 bridgehead atoms. The maximum Gasteiger partial charge on any atom is 0.142 e. The number of rotatable bonds is 1. The van der Waals surface area contributed by atoms with Gasteiger partial charge in [0, 0.05) is 13.7 Å². The van der Waals surface area contributed by atoms with Gasteiger partial charge >= 0.3 is 0 Å². The average molecular weight is 149 g/mol. The summed E-state index contributed by atoms with van der Waals surface area (Å²) in [6.45, 7) is 2.21. The lowest BCUT2D eigenvalue weighted by Crippen LogP contribution is -2.40. The number of hydrogen-bond donors (Lipinski definition) is 1. The molecule has 1 aliphatic heterocycles. The normalized spacial score (nSPS) is 30.7. The van der Waals surface area contributed by atoms with Crippen LogP contribution < -0.4 is 0 Å². The molecule has 3 nitrogen and oxygen atoms in total. The lowest BCUT2D eigenvalue weighted by molar-refractivity contribution is -0.0828. The summed E-state index contributed by atoms with van der Waals surface area (Å²) in [5.74, 6) is 0. The molecule has 0 aromatic heterocycles. The molecule has 1 heterocycles. The molecule has 0 radical (unpaired) electrons. The van der Waals surface area contributed by atoms with Crippen LogP contribution in [0.5, 0.6) is 0 Å². The van der Waals surface area contributed by atoms with Crippen molar-refractivity contribution in [1.29, 1.82) is 0 Å². The molecule has 0 aromatic carbocycles. The fraction of sp³-hybridized carbons (Fsp3) is 1.00. The fourth-order valence-electron chi connectivity index (χ4n) is 0.762. The Morgan fingerprint density at radius 3 is 3.00 bits per heavy atom. The van der Waals surface area contributed by atoms with Crippen LogP contribution in [0.25, 0.3) is 0 Å². The van der Waals surface area contributed by atoms with E-state index in [1.54, 1.807) is 7.11 Å². The molecule has 54 valence electrons. The zero-order valence-corrected chi connectivity index (χ0v) is 6.30. The van der Waals surface area contributed by atoms with Crippen LogP contribution in [-0.2, 0) is 9.47 Å². The van der Waals surface area contributed by atoms with Gasteiger partial charge in [0.25, 0.3) is 0 Å². The quantitative estimate of drug-likeness (QED) is 0.536. The van der Waals surface area contributed by atoms with Crippen LogP contribution in [0.4, 0.5) is 0 Å². The van der Waals surface area contributed by atoms with E-state index < -0.39 is 0 Å². The van der Waals surface area contributed by atoms with Gasteiger partial charge in [-0.25, -0.2) is 4.31 Å². The Morgan fingerprint density at radius 1 is 1.78 bits per heavy atom. The molecule has 1 rings (SSSR count). The van der Waals surface area contributed by atoms with E-state index in [0.29, 0.717) is 6.61 Å². The monoisotopic (exact) mass is 149 g/mol. The fourth-order valence-corrected chi connectivity index (χ4v) is 1.00. The molecule has 1 saturated heterocycles. The second-order valence-corrected chi connectivity index (χ2v) is 2.44. The van der Waals surface area contributed by atoms with Gasteiger partial charge in [0.2, 0.25) is 0 Å². The number of nitrogens with zero attached hydrogens (tertiary/aromatic N) is 1. The minimum atomic E-state index is 0.0297. The summed E-state index contributed by atoms with van der Waals surface area (Å²) in [6, 6.07) is 0. The molecular weight excluding hydrogens is 138 g/mol. The lowest BCUT2D eigenvalue weighted by atomic mass is 10.5. The van der Waals surface area contributed by atoms with E-state index in [1.165, 1.54) is 0 Å². The predicted molar refractivity (Wildman–Crippen MR) is 37.3 cm³/mol. The second kappa shape index (κ2) is 3.41. The average Bonchev–Trinajstić information content (AvgIpc) is 1.89. The van der Waals surface area contributed by atoms with Crippen molar-refractivity contribution in [1.82, 2.24) is 4.31 Å². The number of morpholine rings is 1. The molecule has 9 heavy (non-hydrogen) atoms. The zero-order chi connectivity index (χ0) is 6.69. The zero-order valence-electron chi connectivity index (χ0n) is 5.41. The van der Waals surface area contributed by atoms with Crippen molar-refractivity contribution >= 4 is 12.8 Å². The highest BCUT2D eigenvalue weighted by molar-refractivity contribution is 7.77. The molecule has 1 fully saturated rings. The summed E-state index contributed by atoms with van der Waals surface area (Å²) >= 11 is 4.16. The molecule has 0 amide bonds. The number of methoxy groups -OCH3 is 1. The van der Waals surface area contributed by atoms with E-state index in [4.69, 9.17) is 9.47 Å². The summed E-state index contributed by atoms with van der Waals surface area (Å²) in [5, 5.41) is 0. The Labute approximate surface area is 60.5 Å². The first-order valence-electron chi connectivity index (χ1n) is 2.90. The highest BCUT2D eigenvalue weighted by Gasteiger charge is 2.18. The minimum Gasteiger partial charge on any atom is -0.376 e. The van der Waals surface area contributed by atoms with Crippen LogP contribution in [-0.4, -0.2) is 37.4 Å². The van der Waals surface area contributed by atoms with Crippen molar-refractivity contribution < 1.29 is 9.47 Å². The van der Waals surface area contributed by atoms with E-state index in [0.717, 1.165) is 13.2 Å². The van der Waals surface area contributed by atoms with Gasteiger partial charge in [-0.3, -0.25) is 0 Å². The molecule has 0 N–H and O–H groups in total. The van der Waals surface area contributed by atoms with Crippen molar-refractivity contribution in [2.24, 2.45) is 0 Å². The first-order valence-corrected chi connectivity index (χ1v) is 3.30. The Balaban J connectivity index is 2.30. The van der Waals surface area contributed by atoms with Crippen LogP contribution in [0, 0.1) is 0 Å². The van der Waals surface area contributed by atoms with Gasteiger partial charge in [0.1, 0.15) is 6.23 Å². The molecular formula is C5H11NO2S. The summed E-state index contributed by atoms with van der Waals surface area (Å²) in [7, 11) is 1.66. The molecule has 0 spiro atoms. The molecule has 4 heteroatoms. The van der Waals surface area contributed by atoms with Gasteiger partial charge in [-0.15, -0.1) is 0 Å². The molecule has 0 saturated carbocycles. The molecule has 1 aliphatic rings. The van der Waals surface area contributed by atoms with E-state index >= 15 is 0 Å². The van der Waals surface area contributed by atoms with Gasteiger partial charge in [-0.2, -0.15) is 0 Å². The number of thiol groups is 1. The Bertz CT molecular complexity index is 91.0. The van der Waals surface area contributed by atoms with Crippen molar-refractivity contribution in [3.8, 4) is 0 Å². The minimum absolute atomic E-state index is 0.0297. The van der Waals surface area contributed by atoms with Crippen molar-refractivity contribution in [3.05, 3.63) is 0 Å². The third kappa shape index (κ3) is 1.82. The van der Waals surface area contributed by atoms with E-state index in [9.17, 15) is 0 Å². The predicted octanol–water partition coefficient (Wildman–Crippen LogP) is 0.136. The molecule has 1 unspecified atom stereocenters. The van der Waals surface area contributed by atoms with E-state index in [2.05, 4.69) is 12.8 Å². The van der Waals surface area contributed by atoms with Gasteiger partial charge in [-0.05, 0) is 0 Å². The van der Waals surface area contributed by atoms with Crippen LogP contribution in [0.2, 0.25) is 0 Å². The van der Waals surface area contributed by atoms with Crippen LogP contribution in [0.15, 0.2) is 0 Å². The topological polar surface area (TPSA) is 21.7 Å². The van der Waals surface area contributed by atoms with Crippen molar-refractivity contribution in [3.63, 3.8) is 0 Å². The summed E-state index contributed by atoms with van der Waals surface area (Å²) < 4.78 is 12.0. The third-order valence-corrected chi connectivity index (χ3v) is 1.79. The van der Waals surface area contributed by atoms with Crippen LogP contribution >= 0.6 is 12.8 Å². The van der Waals surface area contributed by atoms with E-state index in [-0.39, 0.29) is 6.23 Å². The smallest absolute Gasteiger partial charge is 0.142 e. The number of hydrogen-bond acceptors (Lipinski definition) is 4. The highest BCUT2D eigenvalue weighted by Crippen LogP contribution is 2.08. The largest absolute Gasteiger partial charge is 0.376 e. The van der Waals surface area contributed by atoms with Crippen molar-refractivity contribution in [2.75, 3.05) is 26.9 Å². The Kier molecular flexibility index (Phi) is 2.78. The SMILES string of the molecule is COC1COCCN1S.